The van der Waals surface area contributed by atoms with Crippen molar-refractivity contribution in [1.29, 1.82) is 0 Å². The Kier molecular flexibility index (Phi) is 2.96. The van der Waals surface area contributed by atoms with Crippen molar-refractivity contribution in [3.63, 3.8) is 0 Å². The van der Waals surface area contributed by atoms with Gasteiger partial charge in [0.2, 0.25) is 0 Å². The van der Waals surface area contributed by atoms with Crippen LogP contribution in [-0.4, -0.2) is 6.54 Å². The van der Waals surface area contributed by atoms with E-state index >= 15 is 0 Å². The summed E-state index contributed by atoms with van der Waals surface area (Å²) in [4.78, 5) is 0. The van der Waals surface area contributed by atoms with E-state index < -0.39 is 0 Å². The minimum absolute atomic E-state index is 0.156. The summed E-state index contributed by atoms with van der Waals surface area (Å²) in [6.07, 6.45) is 2.72. The van der Waals surface area contributed by atoms with Gasteiger partial charge < -0.3 is 10.2 Å². The molecule has 12 heavy (non-hydrogen) atoms. The number of nitrogens with two attached hydrogens (primary N) is 1. The van der Waals surface area contributed by atoms with E-state index in [1.807, 2.05) is 6.07 Å². The Morgan fingerprint density at radius 3 is 2.67 bits per heavy atom. The maximum atomic E-state index is 5.62. The van der Waals surface area contributed by atoms with Crippen LogP contribution >= 0.6 is 15.9 Å². The smallest absolute Gasteiger partial charge is 0.169 e. The van der Waals surface area contributed by atoms with E-state index in [2.05, 4.69) is 29.8 Å². The molecule has 0 amide bonds. The third-order valence-electron chi connectivity index (χ3n) is 1.86. The van der Waals surface area contributed by atoms with E-state index in [0.717, 1.165) is 11.1 Å². The van der Waals surface area contributed by atoms with Gasteiger partial charge in [0.25, 0.3) is 0 Å². The van der Waals surface area contributed by atoms with Gasteiger partial charge in [0.15, 0.2) is 4.67 Å². The van der Waals surface area contributed by atoms with Crippen molar-refractivity contribution < 1.29 is 4.42 Å². The van der Waals surface area contributed by atoms with Crippen molar-refractivity contribution in [3.8, 4) is 0 Å². The molecule has 68 valence electrons. The first-order chi connectivity index (χ1) is 5.53. The summed E-state index contributed by atoms with van der Waals surface area (Å²) in [7, 11) is 0. The molecule has 0 fully saturated rings. The fraction of sp³-hybridized carbons (Fsp3) is 0.556. The van der Waals surface area contributed by atoms with Crippen molar-refractivity contribution in [3.05, 3.63) is 22.6 Å². The normalized spacial score (nSPS) is 12.0. The average molecular weight is 232 g/mol. The fourth-order valence-corrected chi connectivity index (χ4v) is 1.45. The molecule has 2 nitrogen and oxygen atoms in total. The van der Waals surface area contributed by atoms with Crippen LogP contribution in [0.4, 0.5) is 0 Å². The standard InChI is InChI=1S/C9H14BrNO/c1-9(2,6-11)4-7-3-8(10)12-5-7/h3,5H,4,6,11H2,1-2H3. The molecule has 2 N–H and O–H groups in total. The molecule has 0 spiro atoms. The molecule has 0 aliphatic heterocycles. The molecular formula is C9H14BrNO. The molecule has 1 rings (SSSR count). The van der Waals surface area contributed by atoms with E-state index in [9.17, 15) is 0 Å². The van der Waals surface area contributed by atoms with Crippen LogP contribution in [-0.2, 0) is 6.42 Å². The third-order valence-corrected chi connectivity index (χ3v) is 2.27. The lowest BCUT2D eigenvalue weighted by atomic mass is 9.87. The lowest BCUT2D eigenvalue weighted by Gasteiger charge is -2.20. The summed E-state index contributed by atoms with van der Waals surface area (Å²) in [6.45, 7) is 4.98. The third kappa shape index (κ3) is 2.64. The van der Waals surface area contributed by atoms with Crippen LogP contribution in [0.1, 0.15) is 19.4 Å². The Labute approximate surface area is 81.3 Å². The first kappa shape index (κ1) is 9.81. The maximum Gasteiger partial charge on any atom is 0.169 e. The molecule has 0 atom stereocenters. The summed E-state index contributed by atoms with van der Waals surface area (Å²) in [5, 5.41) is 0. The van der Waals surface area contributed by atoms with Crippen molar-refractivity contribution in [2.45, 2.75) is 20.3 Å². The van der Waals surface area contributed by atoms with Crippen molar-refractivity contribution in [1.82, 2.24) is 0 Å². The van der Waals surface area contributed by atoms with Gasteiger partial charge in [-0.25, -0.2) is 0 Å². The molecule has 0 aromatic carbocycles. The highest BCUT2D eigenvalue weighted by atomic mass is 79.9. The Morgan fingerprint density at radius 2 is 2.25 bits per heavy atom. The van der Waals surface area contributed by atoms with Gasteiger partial charge in [-0.2, -0.15) is 0 Å². The van der Waals surface area contributed by atoms with Gasteiger partial charge in [-0.1, -0.05) is 13.8 Å². The SMILES string of the molecule is CC(C)(CN)Cc1coc(Br)c1. The average Bonchev–Trinajstić information content (AvgIpc) is 2.35. The Morgan fingerprint density at radius 1 is 1.58 bits per heavy atom. The zero-order valence-electron chi connectivity index (χ0n) is 7.43. The van der Waals surface area contributed by atoms with Crippen LogP contribution < -0.4 is 5.73 Å². The molecule has 0 unspecified atom stereocenters. The number of hydrogen-bond acceptors (Lipinski definition) is 2. The predicted octanol–water partition coefficient (Wildman–Crippen LogP) is 2.57. The molecule has 0 aliphatic carbocycles. The van der Waals surface area contributed by atoms with Gasteiger partial charge >= 0.3 is 0 Å². The quantitative estimate of drug-likeness (QED) is 0.869. The second kappa shape index (κ2) is 3.62. The van der Waals surface area contributed by atoms with Crippen LogP contribution in [0.2, 0.25) is 0 Å². The van der Waals surface area contributed by atoms with E-state index in [1.54, 1.807) is 6.26 Å². The Hall–Kier alpha value is -0.280. The van der Waals surface area contributed by atoms with Gasteiger partial charge in [0, 0.05) is 0 Å². The maximum absolute atomic E-state index is 5.62. The van der Waals surface area contributed by atoms with Gasteiger partial charge in [-0.05, 0) is 45.9 Å². The molecule has 1 aromatic rings. The fourth-order valence-electron chi connectivity index (χ4n) is 1.06. The first-order valence-electron chi connectivity index (χ1n) is 3.96. The molecule has 0 saturated carbocycles. The molecule has 3 heteroatoms. The summed E-state index contributed by atoms with van der Waals surface area (Å²) in [6, 6.07) is 1.98. The molecule has 0 aliphatic rings. The van der Waals surface area contributed by atoms with Crippen LogP contribution in [0.25, 0.3) is 0 Å². The number of hydrogen-bond donors (Lipinski definition) is 1. The minimum atomic E-state index is 0.156. The second-order valence-corrected chi connectivity index (χ2v) is 4.59. The lowest BCUT2D eigenvalue weighted by Crippen LogP contribution is -2.25. The van der Waals surface area contributed by atoms with Crippen LogP contribution in [0.3, 0.4) is 0 Å². The summed E-state index contributed by atoms with van der Waals surface area (Å²) in [5.74, 6) is 0. The van der Waals surface area contributed by atoms with Crippen LogP contribution in [0, 0.1) is 5.41 Å². The highest BCUT2D eigenvalue weighted by Crippen LogP contribution is 2.23. The number of rotatable bonds is 3. The van der Waals surface area contributed by atoms with E-state index in [1.165, 1.54) is 5.56 Å². The van der Waals surface area contributed by atoms with Crippen molar-refractivity contribution >= 4 is 15.9 Å². The van der Waals surface area contributed by atoms with Crippen LogP contribution in [0.15, 0.2) is 21.4 Å². The number of halogens is 1. The monoisotopic (exact) mass is 231 g/mol. The lowest BCUT2D eigenvalue weighted by molar-refractivity contribution is 0.375. The number of furan rings is 1. The molecule has 1 aromatic heterocycles. The van der Waals surface area contributed by atoms with E-state index in [0.29, 0.717) is 6.54 Å². The molecule has 0 radical (unpaired) electrons. The molecule has 1 heterocycles. The van der Waals surface area contributed by atoms with Gasteiger partial charge in [-0.15, -0.1) is 0 Å². The largest absolute Gasteiger partial charge is 0.457 e. The topological polar surface area (TPSA) is 39.2 Å². The first-order valence-corrected chi connectivity index (χ1v) is 4.76. The Balaban J connectivity index is 2.63. The minimum Gasteiger partial charge on any atom is -0.457 e. The molecule has 0 saturated heterocycles. The molecular weight excluding hydrogens is 218 g/mol. The zero-order valence-corrected chi connectivity index (χ0v) is 9.02. The zero-order chi connectivity index (χ0) is 9.19. The van der Waals surface area contributed by atoms with Gasteiger partial charge in [0.1, 0.15) is 0 Å². The van der Waals surface area contributed by atoms with E-state index in [4.69, 9.17) is 10.2 Å². The summed E-state index contributed by atoms with van der Waals surface area (Å²) < 4.78 is 5.91. The second-order valence-electron chi connectivity index (χ2n) is 3.80. The molecule has 0 bridgehead atoms. The highest BCUT2D eigenvalue weighted by molar-refractivity contribution is 9.10. The van der Waals surface area contributed by atoms with Crippen LogP contribution in [0.5, 0.6) is 0 Å². The summed E-state index contributed by atoms with van der Waals surface area (Å²) in [5.41, 5.74) is 6.97. The van der Waals surface area contributed by atoms with Crippen molar-refractivity contribution in [2.24, 2.45) is 11.1 Å². The van der Waals surface area contributed by atoms with Gasteiger partial charge in [-0.3, -0.25) is 0 Å². The summed E-state index contributed by atoms with van der Waals surface area (Å²) >= 11 is 3.26. The Bertz CT molecular complexity index is 255. The highest BCUT2D eigenvalue weighted by Gasteiger charge is 2.17. The van der Waals surface area contributed by atoms with E-state index in [-0.39, 0.29) is 5.41 Å². The van der Waals surface area contributed by atoms with Crippen molar-refractivity contribution in [2.75, 3.05) is 6.54 Å². The predicted molar refractivity (Wildman–Crippen MR) is 52.9 cm³/mol. The van der Waals surface area contributed by atoms with Gasteiger partial charge in [0.05, 0.1) is 6.26 Å².